The van der Waals surface area contributed by atoms with Gasteiger partial charge in [0, 0.05) is 67.9 Å². The molecule has 3 fully saturated rings. The molecular weight excluding hydrogens is 593 g/mol. The lowest BCUT2D eigenvalue weighted by atomic mass is 9.84. The van der Waals surface area contributed by atoms with E-state index in [1.54, 1.807) is 18.2 Å². The van der Waals surface area contributed by atoms with E-state index in [-0.39, 0.29) is 35.9 Å². The molecule has 45 heavy (non-hydrogen) atoms. The standard InChI is InChI=1S/C33H42F5N5O2/c1-19-17-43(18-20(2)42(19)3)30-10-9-21(12-29(30)41-32(45)25-16-40-31(44)13-26(25)33(36,37)38)24-11-22(27(34)14-28(24)35)15-39-23-7-5-4-6-8-23/h9-12,14,19-20,23,25-26,39H,4-8,13,15-18H2,1-3H3,(H,40,44)(H,41,45)/t19-,20+,25?,26?. The molecule has 2 aromatic rings. The molecule has 5 rings (SSSR count). The number of anilines is 2. The van der Waals surface area contributed by atoms with Crippen LogP contribution in [0.1, 0.15) is 57.9 Å². The van der Waals surface area contributed by atoms with Crippen molar-refractivity contribution < 1.29 is 31.5 Å². The number of piperidine rings is 1. The molecule has 4 atom stereocenters. The van der Waals surface area contributed by atoms with E-state index in [1.807, 2.05) is 7.05 Å². The molecule has 2 aromatic carbocycles. The van der Waals surface area contributed by atoms with Gasteiger partial charge in [0.25, 0.3) is 0 Å². The predicted octanol–water partition coefficient (Wildman–Crippen LogP) is 5.84. The summed E-state index contributed by atoms with van der Waals surface area (Å²) in [7, 11) is 2.02. The van der Waals surface area contributed by atoms with Gasteiger partial charge in [-0.3, -0.25) is 14.5 Å². The molecule has 246 valence electrons. The first-order valence-corrected chi connectivity index (χ1v) is 15.8. The third-order valence-corrected chi connectivity index (χ3v) is 9.76. The van der Waals surface area contributed by atoms with Gasteiger partial charge in [0.2, 0.25) is 11.8 Å². The minimum absolute atomic E-state index is 0.122. The largest absolute Gasteiger partial charge is 0.393 e. The van der Waals surface area contributed by atoms with Gasteiger partial charge in [-0.1, -0.05) is 25.3 Å². The Balaban J connectivity index is 1.48. The Hall–Kier alpha value is -3.25. The van der Waals surface area contributed by atoms with E-state index in [0.29, 0.717) is 29.9 Å². The Morgan fingerprint density at radius 3 is 2.36 bits per heavy atom. The number of alkyl halides is 3. The second kappa shape index (κ2) is 13.6. The van der Waals surface area contributed by atoms with Gasteiger partial charge in [0.15, 0.2) is 0 Å². The first-order chi connectivity index (χ1) is 21.3. The maximum atomic E-state index is 15.3. The van der Waals surface area contributed by atoms with Gasteiger partial charge in [-0.15, -0.1) is 0 Å². The molecule has 2 saturated heterocycles. The lowest BCUT2D eigenvalue weighted by Gasteiger charge is -2.44. The number of carbonyl (C=O) groups excluding carboxylic acids is 2. The Morgan fingerprint density at radius 1 is 1.00 bits per heavy atom. The van der Waals surface area contributed by atoms with Crippen LogP contribution in [0.4, 0.5) is 33.3 Å². The minimum atomic E-state index is -4.74. The second-order valence-electron chi connectivity index (χ2n) is 12.9. The van der Waals surface area contributed by atoms with Crippen LogP contribution in [0.25, 0.3) is 11.1 Å². The summed E-state index contributed by atoms with van der Waals surface area (Å²) in [5, 5.41) is 8.47. The van der Waals surface area contributed by atoms with Crippen molar-refractivity contribution in [2.75, 3.05) is 36.9 Å². The van der Waals surface area contributed by atoms with E-state index < -0.39 is 54.4 Å². The van der Waals surface area contributed by atoms with Crippen LogP contribution in [0.5, 0.6) is 0 Å². The molecule has 0 radical (unpaired) electrons. The Kier molecular flexibility index (Phi) is 10.0. The summed E-state index contributed by atoms with van der Waals surface area (Å²) >= 11 is 0. The average molecular weight is 636 g/mol. The van der Waals surface area contributed by atoms with Crippen LogP contribution < -0.4 is 20.9 Å². The van der Waals surface area contributed by atoms with Gasteiger partial charge in [-0.05, 0) is 57.5 Å². The molecule has 2 unspecified atom stereocenters. The molecule has 3 N–H and O–H groups in total. The van der Waals surface area contributed by atoms with Crippen LogP contribution in [0.15, 0.2) is 30.3 Å². The number of likely N-dealkylation sites (N-methyl/N-ethyl adjacent to an activating group) is 1. The molecule has 7 nitrogen and oxygen atoms in total. The first-order valence-electron chi connectivity index (χ1n) is 15.8. The highest BCUT2D eigenvalue weighted by atomic mass is 19.4. The molecule has 2 aliphatic heterocycles. The van der Waals surface area contributed by atoms with Crippen molar-refractivity contribution >= 4 is 23.2 Å². The molecule has 3 aliphatic rings. The minimum Gasteiger partial charge on any atom is -0.367 e. The topological polar surface area (TPSA) is 76.7 Å². The normalized spacial score (nSPS) is 25.2. The van der Waals surface area contributed by atoms with E-state index in [1.165, 1.54) is 12.5 Å². The van der Waals surface area contributed by atoms with Crippen LogP contribution in [0.3, 0.4) is 0 Å². The van der Waals surface area contributed by atoms with E-state index in [4.69, 9.17) is 0 Å². The number of nitrogens with zero attached hydrogens (tertiary/aromatic N) is 2. The summed E-state index contributed by atoms with van der Waals surface area (Å²) in [5.74, 6) is -6.76. The highest BCUT2D eigenvalue weighted by molar-refractivity contribution is 5.98. The number of piperazine rings is 1. The number of nitrogens with one attached hydrogen (secondary N) is 3. The number of benzene rings is 2. The van der Waals surface area contributed by atoms with Gasteiger partial charge >= 0.3 is 6.18 Å². The summed E-state index contributed by atoms with van der Waals surface area (Å²) in [5.41, 5.74) is 1.59. The van der Waals surface area contributed by atoms with Crippen molar-refractivity contribution in [3.05, 3.63) is 47.5 Å². The summed E-state index contributed by atoms with van der Waals surface area (Å²) in [6, 6.07) is 7.82. The molecule has 1 saturated carbocycles. The van der Waals surface area contributed by atoms with E-state index in [0.717, 1.165) is 31.7 Å². The molecule has 2 amide bonds. The second-order valence-corrected chi connectivity index (χ2v) is 12.9. The lowest BCUT2D eigenvalue weighted by molar-refractivity contribution is -0.197. The zero-order valence-electron chi connectivity index (χ0n) is 25.9. The fourth-order valence-electron chi connectivity index (χ4n) is 6.82. The van der Waals surface area contributed by atoms with Gasteiger partial charge in [-0.2, -0.15) is 13.2 Å². The fourth-order valence-corrected chi connectivity index (χ4v) is 6.82. The third kappa shape index (κ3) is 7.60. The molecule has 12 heteroatoms. The summed E-state index contributed by atoms with van der Waals surface area (Å²) < 4.78 is 71.8. The lowest BCUT2D eigenvalue weighted by Crippen LogP contribution is -2.55. The Morgan fingerprint density at radius 2 is 1.69 bits per heavy atom. The number of amides is 2. The molecule has 1 aliphatic carbocycles. The quantitative estimate of drug-likeness (QED) is 0.334. The van der Waals surface area contributed by atoms with Gasteiger partial charge < -0.3 is 20.9 Å². The number of halogens is 5. The van der Waals surface area contributed by atoms with Crippen LogP contribution in [-0.4, -0.2) is 67.7 Å². The number of hydrogen-bond donors (Lipinski definition) is 3. The highest BCUT2D eigenvalue weighted by Gasteiger charge is 2.50. The van der Waals surface area contributed by atoms with E-state index in [2.05, 4.69) is 39.6 Å². The van der Waals surface area contributed by atoms with Crippen molar-refractivity contribution in [3.63, 3.8) is 0 Å². The zero-order valence-corrected chi connectivity index (χ0v) is 25.9. The van der Waals surface area contributed by atoms with Crippen molar-refractivity contribution in [3.8, 4) is 11.1 Å². The summed E-state index contributed by atoms with van der Waals surface area (Å²) in [6.07, 6.45) is -0.172. The number of carbonyl (C=O) groups is 2. The average Bonchev–Trinajstić information content (AvgIpc) is 2.99. The number of hydrogen-bond acceptors (Lipinski definition) is 5. The fraction of sp³-hybridized carbons (Fsp3) is 0.576. The summed E-state index contributed by atoms with van der Waals surface area (Å²) in [4.78, 5) is 29.5. The smallest absolute Gasteiger partial charge is 0.367 e. The summed E-state index contributed by atoms with van der Waals surface area (Å²) in [6.45, 7) is 5.09. The molecule has 0 bridgehead atoms. The van der Waals surface area contributed by atoms with Gasteiger partial charge in [0.1, 0.15) is 11.6 Å². The molecule has 2 heterocycles. The Labute approximate surface area is 260 Å². The molecule has 0 aromatic heterocycles. The number of rotatable bonds is 7. The van der Waals surface area contributed by atoms with Crippen LogP contribution >= 0.6 is 0 Å². The molecular formula is C33H42F5N5O2. The van der Waals surface area contributed by atoms with Crippen molar-refractivity contribution in [2.45, 2.75) is 83.2 Å². The molecule has 0 spiro atoms. The van der Waals surface area contributed by atoms with Crippen LogP contribution in [0, 0.1) is 23.5 Å². The first kappa shape index (κ1) is 33.1. The van der Waals surface area contributed by atoms with Gasteiger partial charge in [-0.25, -0.2) is 8.78 Å². The zero-order chi connectivity index (χ0) is 32.5. The van der Waals surface area contributed by atoms with E-state index >= 15 is 4.39 Å². The van der Waals surface area contributed by atoms with Gasteiger partial charge in [0.05, 0.1) is 23.2 Å². The van der Waals surface area contributed by atoms with Crippen molar-refractivity contribution in [1.82, 2.24) is 15.5 Å². The van der Waals surface area contributed by atoms with Crippen LogP contribution in [0.2, 0.25) is 0 Å². The maximum absolute atomic E-state index is 15.3. The predicted molar refractivity (Wildman–Crippen MR) is 164 cm³/mol. The third-order valence-electron chi connectivity index (χ3n) is 9.76. The monoisotopic (exact) mass is 635 g/mol. The van der Waals surface area contributed by atoms with E-state index in [9.17, 15) is 27.2 Å². The van der Waals surface area contributed by atoms with Crippen molar-refractivity contribution in [2.24, 2.45) is 11.8 Å². The van der Waals surface area contributed by atoms with Crippen molar-refractivity contribution in [1.29, 1.82) is 0 Å². The maximum Gasteiger partial charge on any atom is 0.393 e. The Bertz CT molecular complexity index is 1380. The highest BCUT2D eigenvalue weighted by Crippen LogP contribution is 2.39. The van der Waals surface area contributed by atoms with Crippen LogP contribution in [-0.2, 0) is 16.1 Å². The SMILES string of the molecule is C[C@@H]1CN(c2ccc(-c3cc(CNC4CCCCC4)c(F)cc3F)cc2NC(=O)C2CNC(=O)CC2C(F)(F)F)C[C@H](C)N1C.